The number of thiophene rings is 1. The summed E-state index contributed by atoms with van der Waals surface area (Å²) in [6.07, 6.45) is 0. The molecule has 0 aliphatic carbocycles. The predicted molar refractivity (Wildman–Crippen MR) is 79.4 cm³/mol. The number of sulfonamides is 1. The maximum atomic E-state index is 12.4. The quantitative estimate of drug-likeness (QED) is 0.882. The summed E-state index contributed by atoms with van der Waals surface area (Å²) < 4.78 is 27.3. The highest BCUT2D eigenvalue weighted by Gasteiger charge is 2.28. The minimum Gasteiger partial charge on any atom is -0.330 e. The first-order valence-corrected chi connectivity index (χ1v) is 8.57. The van der Waals surface area contributed by atoms with E-state index in [0.29, 0.717) is 17.3 Å². The molecule has 1 aromatic rings. The molecule has 0 aromatic carbocycles. The highest BCUT2D eigenvalue weighted by molar-refractivity contribution is 9.11. The van der Waals surface area contributed by atoms with Crippen LogP contribution in [0.3, 0.4) is 0 Å². The molecule has 2 N–H and O–H groups in total. The minimum absolute atomic E-state index is 0.231. The summed E-state index contributed by atoms with van der Waals surface area (Å²) in [7, 11) is -1.82. The second kappa shape index (κ2) is 5.58. The van der Waals surface area contributed by atoms with Crippen molar-refractivity contribution in [1.82, 2.24) is 4.31 Å². The molecule has 0 spiro atoms. The van der Waals surface area contributed by atoms with Gasteiger partial charge in [-0.05, 0) is 46.4 Å². The summed E-state index contributed by atoms with van der Waals surface area (Å²) in [5.74, 6) is 0. The van der Waals surface area contributed by atoms with Crippen molar-refractivity contribution in [2.24, 2.45) is 11.1 Å². The second-order valence-electron chi connectivity index (χ2n) is 5.15. The van der Waals surface area contributed by atoms with Crippen molar-refractivity contribution >= 4 is 37.3 Å². The Bertz CT molecular complexity index is 504. The van der Waals surface area contributed by atoms with Crippen LogP contribution in [0.5, 0.6) is 0 Å². The van der Waals surface area contributed by atoms with E-state index in [4.69, 9.17) is 5.73 Å². The number of hydrogen-bond donors (Lipinski definition) is 1. The Balaban J connectivity index is 3.00. The van der Waals surface area contributed by atoms with Gasteiger partial charge in [0.1, 0.15) is 4.21 Å². The van der Waals surface area contributed by atoms with Crippen molar-refractivity contribution in [3.63, 3.8) is 0 Å². The standard InChI is InChI=1S/C11H19BrN2O2S2/c1-8-5-9(17-10(8)12)18(15,16)14(4)7-11(2,3)6-13/h5H,6-7,13H2,1-4H3. The van der Waals surface area contributed by atoms with Gasteiger partial charge in [-0.3, -0.25) is 0 Å². The summed E-state index contributed by atoms with van der Waals surface area (Å²) in [6.45, 7) is 6.63. The van der Waals surface area contributed by atoms with Crippen LogP contribution in [-0.4, -0.2) is 32.9 Å². The highest BCUT2D eigenvalue weighted by atomic mass is 79.9. The fraction of sp³-hybridized carbons (Fsp3) is 0.636. The van der Waals surface area contributed by atoms with Gasteiger partial charge in [-0.2, -0.15) is 4.31 Å². The molecule has 1 heterocycles. The molecule has 7 heteroatoms. The van der Waals surface area contributed by atoms with Crippen molar-refractivity contribution in [2.45, 2.75) is 25.0 Å². The number of aryl methyl sites for hydroxylation is 1. The number of hydrogen-bond acceptors (Lipinski definition) is 4. The Labute approximate surface area is 121 Å². The first kappa shape index (κ1) is 16.1. The van der Waals surface area contributed by atoms with Crippen LogP contribution < -0.4 is 5.73 Å². The highest BCUT2D eigenvalue weighted by Crippen LogP contribution is 2.32. The summed E-state index contributed by atoms with van der Waals surface area (Å²) >= 11 is 4.59. The average molecular weight is 355 g/mol. The Morgan fingerprint density at radius 3 is 2.44 bits per heavy atom. The first-order valence-electron chi connectivity index (χ1n) is 5.52. The topological polar surface area (TPSA) is 63.4 Å². The third-order valence-electron chi connectivity index (χ3n) is 2.70. The summed E-state index contributed by atoms with van der Waals surface area (Å²) in [6, 6.07) is 1.69. The van der Waals surface area contributed by atoms with E-state index in [2.05, 4.69) is 15.9 Å². The molecule has 0 radical (unpaired) electrons. The van der Waals surface area contributed by atoms with Gasteiger partial charge in [0, 0.05) is 13.6 Å². The molecule has 1 rings (SSSR count). The van der Waals surface area contributed by atoms with Crippen molar-refractivity contribution < 1.29 is 8.42 Å². The summed E-state index contributed by atoms with van der Waals surface area (Å²) in [5.41, 5.74) is 6.34. The van der Waals surface area contributed by atoms with E-state index in [1.54, 1.807) is 13.1 Å². The van der Waals surface area contributed by atoms with Gasteiger partial charge in [0.05, 0.1) is 3.79 Å². The van der Waals surface area contributed by atoms with Crippen LogP contribution in [0.2, 0.25) is 0 Å². The molecule has 0 bridgehead atoms. The molecule has 0 aliphatic heterocycles. The monoisotopic (exact) mass is 354 g/mol. The van der Waals surface area contributed by atoms with E-state index in [-0.39, 0.29) is 5.41 Å². The molecular weight excluding hydrogens is 336 g/mol. The lowest BCUT2D eigenvalue weighted by atomic mass is 9.94. The van der Waals surface area contributed by atoms with Crippen LogP contribution in [0.25, 0.3) is 0 Å². The number of rotatable bonds is 5. The van der Waals surface area contributed by atoms with Gasteiger partial charge in [0.15, 0.2) is 0 Å². The third kappa shape index (κ3) is 3.54. The van der Waals surface area contributed by atoms with E-state index in [1.807, 2.05) is 20.8 Å². The molecule has 0 atom stereocenters. The van der Waals surface area contributed by atoms with Crippen LogP contribution in [0.1, 0.15) is 19.4 Å². The second-order valence-corrected chi connectivity index (χ2v) is 9.79. The molecule has 0 fully saturated rings. The number of halogens is 1. The van der Waals surface area contributed by atoms with Gasteiger partial charge in [-0.15, -0.1) is 11.3 Å². The lowest BCUT2D eigenvalue weighted by Gasteiger charge is -2.28. The zero-order valence-corrected chi connectivity index (χ0v) is 14.2. The van der Waals surface area contributed by atoms with Gasteiger partial charge in [0.25, 0.3) is 10.0 Å². The smallest absolute Gasteiger partial charge is 0.252 e. The maximum Gasteiger partial charge on any atom is 0.252 e. The fourth-order valence-corrected chi connectivity index (χ4v) is 5.26. The minimum atomic E-state index is -3.42. The zero-order chi connectivity index (χ0) is 14.1. The van der Waals surface area contributed by atoms with E-state index in [1.165, 1.54) is 15.6 Å². The van der Waals surface area contributed by atoms with Crippen LogP contribution in [0.15, 0.2) is 14.1 Å². The van der Waals surface area contributed by atoms with Crippen LogP contribution in [-0.2, 0) is 10.0 Å². The van der Waals surface area contributed by atoms with Gasteiger partial charge in [0.2, 0.25) is 0 Å². The van der Waals surface area contributed by atoms with E-state index in [9.17, 15) is 8.42 Å². The first-order chi connectivity index (χ1) is 8.10. The molecule has 0 unspecified atom stereocenters. The predicted octanol–water partition coefficient (Wildman–Crippen LogP) is 2.42. The van der Waals surface area contributed by atoms with Crippen molar-refractivity contribution in [3.05, 3.63) is 15.4 Å². The SMILES string of the molecule is Cc1cc(S(=O)(=O)N(C)CC(C)(C)CN)sc1Br. The summed E-state index contributed by atoms with van der Waals surface area (Å²) in [4.78, 5) is 0. The molecule has 4 nitrogen and oxygen atoms in total. The van der Waals surface area contributed by atoms with Crippen LogP contribution in [0.4, 0.5) is 0 Å². The molecule has 104 valence electrons. The van der Waals surface area contributed by atoms with Gasteiger partial charge in [-0.25, -0.2) is 8.42 Å². The molecule has 0 aliphatic rings. The molecule has 1 aromatic heterocycles. The Hall–Kier alpha value is 0.0500. The molecular formula is C11H19BrN2O2S2. The average Bonchev–Trinajstić information content (AvgIpc) is 2.59. The molecule has 18 heavy (non-hydrogen) atoms. The summed E-state index contributed by atoms with van der Waals surface area (Å²) in [5, 5.41) is 0. The van der Waals surface area contributed by atoms with Crippen molar-refractivity contribution in [3.8, 4) is 0 Å². The van der Waals surface area contributed by atoms with Crippen molar-refractivity contribution in [1.29, 1.82) is 0 Å². The zero-order valence-electron chi connectivity index (χ0n) is 11.0. The van der Waals surface area contributed by atoms with Gasteiger partial charge < -0.3 is 5.73 Å². The largest absolute Gasteiger partial charge is 0.330 e. The van der Waals surface area contributed by atoms with Gasteiger partial charge >= 0.3 is 0 Å². The number of nitrogens with two attached hydrogens (primary N) is 1. The Morgan fingerprint density at radius 2 is 2.06 bits per heavy atom. The van der Waals surface area contributed by atoms with Crippen molar-refractivity contribution in [2.75, 3.05) is 20.1 Å². The third-order valence-corrected chi connectivity index (χ3v) is 7.09. The van der Waals surface area contributed by atoms with Crippen LogP contribution >= 0.6 is 27.3 Å². The molecule has 0 saturated carbocycles. The lowest BCUT2D eigenvalue weighted by Crippen LogP contribution is -2.39. The fourth-order valence-electron chi connectivity index (χ4n) is 1.46. The molecule has 0 saturated heterocycles. The Morgan fingerprint density at radius 1 is 1.50 bits per heavy atom. The molecule has 0 amide bonds. The van der Waals surface area contributed by atoms with E-state index in [0.717, 1.165) is 9.35 Å². The van der Waals surface area contributed by atoms with Gasteiger partial charge in [-0.1, -0.05) is 13.8 Å². The Kier molecular flexibility index (Phi) is 4.99. The normalized spacial score (nSPS) is 13.3. The maximum absolute atomic E-state index is 12.4. The van der Waals surface area contributed by atoms with E-state index >= 15 is 0 Å². The van der Waals surface area contributed by atoms with Crippen LogP contribution in [0, 0.1) is 12.3 Å². The number of nitrogens with zero attached hydrogens (tertiary/aromatic N) is 1. The van der Waals surface area contributed by atoms with E-state index < -0.39 is 10.0 Å². The lowest BCUT2D eigenvalue weighted by molar-refractivity contribution is 0.292.